The Balaban J connectivity index is 1.83. The molecule has 0 saturated carbocycles. The van der Waals surface area contributed by atoms with Crippen molar-refractivity contribution in [3.05, 3.63) is 12.1 Å². The van der Waals surface area contributed by atoms with Crippen molar-refractivity contribution in [2.75, 3.05) is 30.9 Å². The standard InChI is InChI=1S/C13H18N2O3/c1-8-10(2-3-16-8)15-11-7-13-12(6-9(11)14)17-4-5-18-13/h6-8,10,15H,2-5,14H2,1H3. The molecule has 1 saturated heterocycles. The van der Waals surface area contributed by atoms with Gasteiger partial charge in [0.05, 0.1) is 23.5 Å². The van der Waals surface area contributed by atoms with Crippen LogP contribution in [0.15, 0.2) is 12.1 Å². The zero-order valence-electron chi connectivity index (χ0n) is 10.4. The number of ether oxygens (including phenoxy) is 3. The Morgan fingerprint density at radius 2 is 1.89 bits per heavy atom. The van der Waals surface area contributed by atoms with E-state index in [-0.39, 0.29) is 6.10 Å². The summed E-state index contributed by atoms with van der Waals surface area (Å²) < 4.78 is 16.6. The van der Waals surface area contributed by atoms with E-state index < -0.39 is 0 Å². The number of anilines is 2. The number of fused-ring (bicyclic) bond motifs is 1. The minimum atomic E-state index is 0.206. The Bertz CT molecular complexity index is 450. The zero-order chi connectivity index (χ0) is 12.5. The smallest absolute Gasteiger partial charge is 0.163 e. The summed E-state index contributed by atoms with van der Waals surface area (Å²) in [7, 11) is 0. The maximum absolute atomic E-state index is 6.03. The van der Waals surface area contributed by atoms with E-state index in [1.165, 1.54) is 0 Å². The van der Waals surface area contributed by atoms with E-state index in [2.05, 4.69) is 12.2 Å². The quantitative estimate of drug-likeness (QED) is 0.781. The van der Waals surface area contributed by atoms with Crippen molar-refractivity contribution in [1.29, 1.82) is 0 Å². The van der Waals surface area contributed by atoms with Crippen LogP contribution in [0.4, 0.5) is 11.4 Å². The number of nitrogen functional groups attached to an aromatic ring is 1. The molecular weight excluding hydrogens is 232 g/mol. The summed E-state index contributed by atoms with van der Waals surface area (Å²) in [6, 6.07) is 4.03. The van der Waals surface area contributed by atoms with Gasteiger partial charge in [-0.2, -0.15) is 0 Å². The van der Waals surface area contributed by atoms with Crippen molar-refractivity contribution in [3.8, 4) is 11.5 Å². The molecule has 0 spiro atoms. The molecule has 0 bridgehead atoms. The topological polar surface area (TPSA) is 65.7 Å². The highest BCUT2D eigenvalue weighted by molar-refractivity contribution is 5.72. The van der Waals surface area contributed by atoms with Crippen molar-refractivity contribution in [2.45, 2.75) is 25.5 Å². The second-order valence-electron chi connectivity index (χ2n) is 4.70. The van der Waals surface area contributed by atoms with Crippen molar-refractivity contribution in [2.24, 2.45) is 0 Å². The Morgan fingerprint density at radius 3 is 2.56 bits per heavy atom. The minimum absolute atomic E-state index is 0.206. The van der Waals surface area contributed by atoms with Crippen LogP contribution in [0.2, 0.25) is 0 Å². The Labute approximate surface area is 106 Å². The number of benzene rings is 1. The molecule has 0 aliphatic carbocycles. The predicted octanol–water partition coefficient (Wildman–Crippen LogP) is 1.63. The van der Waals surface area contributed by atoms with Crippen LogP contribution < -0.4 is 20.5 Å². The average molecular weight is 250 g/mol. The first-order valence-electron chi connectivity index (χ1n) is 6.31. The fourth-order valence-electron chi connectivity index (χ4n) is 2.35. The molecule has 2 heterocycles. The SMILES string of the molecule is CC1OCCC1Nc1cc2c(cc1N)OCCO2. The highest BCUT2D eigenvalue weighted by Crippen LogP contribution is 2.37. The van der Waals surface area contributed by atoms with Gasteiger partial charge in [0.1, 0.15) is 13.2 Å². The van der Waals surface area contributed by atoms with Gasteiger partial charge in [-0.25, -0.2) is 0 Å². The molecule has 98 valence electrons. The fourth-order valence-corrected chi connectivity index (χ4v) is 2.35. The second kappa shape index (κ2) is 4.57. The van der Waals surface area contributed by atoms with Crippen LogP contribution >= 0.6 is 0 Å². The first-order valence-corrected chi connectivity index (χ1v) is 6.31. The van der Waals surface area contributed by atoms with E-state index in [0.29, 0.717) is 24.9 Å². The summed E-state index contributed by atoms with van der Waals surface area (Å²) in [5, 5.41) is 3.42. The number of rotatable bonds is 2. The molecule has 1 aromatic carbocycles. The van der Waals surface area contributed by atoms with E-state index in [1.54, 1.807) is 0 Å². The third-order valence-corrected chi connectivity index (χ3v) is 3.43. The van der Waals surface area contributed by atoms with Gasteiger partial charge in [-0.3, -0.25) is 0 Å². The highest BCUT2D eigenvalue weighted by atomic mass is 16.6. The maximum Gasteiger partial charge on any atom is 0.163 e. The van der Waals surface area contributed by atoms with Crippen molar-refractivity contribution < 1.29 is 14.2 Å². The van der Waals surface area contributed by atoms with Gasteiger partial charge in [-0.1, -0.05) is 0 Å². The van der Waals surface area contributed by atoms with Gasteiger partial charge in [-0.15, -0.1) is 0 Å². The van der Waals surface area contributed by atoms with Crippen molar-refractivity contribution in [1.82, 2.24) is 0 Å². The van der Waals surface area contributed by atoms with E-state index in [9.17, 15) is 0 Å². The fraction of sp³-hybridized carbons (Fsp3) is 0.538. The van der Waals surface area contributed by atoms with Crippen LogP contribution in [0.3, 0.4) is 0 Å². The molecule has 2 unspecified atom stereocenters. The molecule has 1 aromatic rings. The summed E-state index contributed by atoms with van der Waals surface area (Å²) in [6.45, 7) is 4.02. The molecule has 3 N–H and O–H groups in total. The van der Waals surface area contributed by atoms with Crippen LogP contribution in [-0.2, 0) is 4.74 Å². The van der Waals surface area contributed by atoms with Crippen LogP contribution in [0.5, 0.6) is 11.5 Å². The molecule has 3 rings (SSSR count). The lowest BCUT2D eigenvalue weighted by molar-refractivity contribution is 0.121. The average Bonchev–Trinajstić information content (AvgIpc) is 2.76. The summed E-state index contributed by atoms with van der Waals surface area (Å²) in [5.74, 6) is 1.48. The lowest BCUT2D eigenvalue weighted by Crippen LogP contribution is -2.27. The largest absolute Gasteiger partial charge is 0.486 e. The van der Waals surface area contributed by atoms with Gasteiger partial charge in [0, 0.05) is 18.7 Å². The molecule has 2 aliphatic heterocycles. The first kappa shape index (κ1) is 11.5. The van der Waals surface area contributed by atoms with Crippen LogP contribution in [-0.4, -0.2) is 32.0 Å². The number of nitrogens with two attached hydrogens (primary N) is 1. The Kier molecular flexibility index (Phi) is 2.91. The molecule has 5 heteroatoms. The van der Waals surface area contributed by atoms with Gasteiger partial charge in [0.25, 0.3) is 0 Å². The van der Waals surface area contributed by atoms with Gasteiger partial charge in [0.2, 0.25) is 0 Å². The van der Waals surface area contributed by atoms with Gasteiger partial charge >= 0.3 is 0 Å². The van der Waals surface area contributed by atoms with E-state index in [4.69, 9.17) is 19.9 Å². The molecule has 0 aromatic heterocycles. The van der Waals surface area contributed by atoms with Crippen LogP contribution in [0, 0.1) is 0 Å². The molecule has 1 fully saturated rings. The lowest BCUT2D eigenvalue weighted by atomic mass is 10.1. The van der Waals surface area contributed by atoms with Crippen molar-refractivity contribution >= 4 is 11.4 Å². The summed E-state index contributed by atoms with van der Waals surface area (Å²) >= 11 is 0. The van der Waals surface area contributed by atoms with Crippen LogP contribution in [0.1, 0.15) is 13.3 Å². The Hall–Kier alpha value is -1.62. The summed E-state index contributed by atoms with van der Waals surface area (Å²) in [5.41, 5.74) is 7.60. The molecule has 5 nitrogen and oxygen atoms in total. The minimum Gasteiger partial charge on any atom is -0.486 e. The Morgan fingerprint density at radius 1 is 1.17 bits per heavy atom. The molecule has 18 heavy (non-hydrogen) atoms. The maximum atomic E-state index is 6.03. The third kappa shape index (κ3) is 2.06. The molecular formula is C13H18N2O3. The zero-order valence-corrected chi connectivity index (χ0v) is 10.4. The monoisotopic (exact) mass is 250 g/mol. The number of nitrogens with one attached hydrogen (secondary N) is 1. The van der Waals surface area contributed by atoms with E-state index in [0.717, 1.165) is 30.2 Å². The molecule has 2 atom stereocenters. The van der Waals surface area contributed by atoms with Crippen molar-refractivity contribution in [3.63, 3.8) is 0 Å². The third-order valence-electron chi connectivity index (χ3n) is 3.43. The molecule has 2 aliphatic rings. The van der Waals surface area contributed by atoms with Gasteiger partial charge < -0.3 is 25.3 Å². The van der Waals surface area contributed by atoms with Gasteiger partial charge in [0.15, 0.2) is 11.5 Å². The van der Waals surface area contributed by atoms with E-state index in [1.807, 2.05) is 12.1 Å². The summed E-state index contributed by atoms with van der Waals surface area (Å²) in [4.78, 5) is 0. The van der Waals surface area contributed by atoms with E-state index >= 15 is 0 Å². The second-order valence-corrected chi connectivity index (χ2v) is 4.70. The van der Waals surface area contributed by atoms with Gasteiger partial charge in [-0.05, 0) is 13.3 Å². The predicted molar refractivity (Wildman–Crippen MR) is 69.3 cm³/mol. The van der Waals surface area contributed by atoms with Crippen LogP contribution in [0.25, 0.3) is 0 Å². The number of hydrogen-bond acceptors (Lipinski definition) is 5. The lowest BCUT2D eigenvalue weighted by Gasteiger charge is -2.23. The summed E-state index contributed by atoms with van der Waals surface area (Å²) in [6.07, 6.45) is 1.20. The molecule has 0 amide bonds. The number of hydrogen-bond donors (Lipinski definition) is 2. The first-order chi connectivity index (χ1) is 8.74. The normalized spacial score (nSPS) is 26.1. The highest BCUT2D eigenvalue weighted by Gasteiger charge is 2.25. The molecule has 0 radical (unpaired) electrons.